The van der Waals surface area contributed by atoms with E-state index in [0.29, 0.717) is 54.9 Å². The molecule has 0 saturated carbocycles. The van der Waals surface area contributed by atoms with E-state index in [-0.39, 0.29) is 12.5 Å². The van der Waals surface area contributed by atoms with Gasteiger partial charge in [0.05, 0.1) is 25.2 Å². The molecule has 1 fully saturated rings. The molecule has 1 N–H and O–H groups in total. The van der Waals surface area contributed by atoms with Crippen molar-refractivity contribution in [3.63, 3.8) is 0 Å². The van der Waals surface area contributed by atoms with Gasteiger partial charge in [0.15, 0.2) is 0 Å². The maximum absolute atomic E-state index is 12.6. The van der Waals surface area contributed by atoms with Crippen LogP contribution >= 0.6 is 23.4 Å². The van der Waals surface area contributed by atoms with Crippen molar-refractivity contribution in [1.82, 2.24) is 10.2 Å². The number of carbonyl (C=O) groups excluding carboxylic acids is 2. The quantitative estimate of drug-likeness (QED) is 0.410. The van der Waals surface area contributed by atoms with Gasteiger partial charge in [0.2, 0.25) is 15.9 Å². The minimum Gasteiger partial charge on any atom is -0.378 e. The molecule has 2 amide bonds. The summed E-state index contributed by atoms with van der Waals surface area (Å²) in [6, 6.07) is 13.6. The number of sulfonamides is 1. The molecule has 3 rings (SSSR count). The summed E-state index contributed by atoms with van der Waals surface area (Å²) in [5, 5.41) is 3.40. The number of halogens is 1. The Labute approximate surface area is 203 Å². The fourth-order valence-corrected chi connectivity index (χ4v) is 4.95. The van der Waals surface area contributed by atoms with Gasteiger partial charge in [-0.15, -0.1) is 11.8 Å². The topological polar surface area (TPSA) is 96.0 Å². The van der Waals surface area contributed by atoms with Gasteiger partial charge in [-0.1, -0.05) is 11.6 Å². The van der Waals surface area contributed by atoms with Crippen LogP contribution in [0, 0.1) is 0 Å². The zero-order valence-electron chi connectivity index (χ0n) is 18.2. The summed E-state index contributed by atoms with van der Waals surface area (Å²) in [7, 11) is -3.70. The predicted octanol–water partition coefficient (Wildman–Crippen LogP) is 2.49. The minimum absolute atomic E-state index is 0.133. The number of nitrogens with zero attached hydrogens (tertiary/aromatic N) is 2. The van der Waals surface area contributed by atoms with Crippen molar-refractivity contribution in [2.24, 2.45) is 0 Å². The van der Waals surface area contributed by atoms with Gasteiger partial charge in [0.1, 0.15) is 6.54 Å². The SMILES string of the molecule is CS(=O)(=O)N(CC(=O)NCCSc1ccc(Cl)cc1)c1ccc(C(=O)N2CCOCC2)cc1. The third-order valence-corrected chi connectivity index (χ3v) is 7.30. The van der Waals surface area contributed by atoms with Crippen LogP contribution < -0.4 is 9.62 Å². The van der Waals surface area contributed by atoms with Gasteiger partial charge in [0, 0.05) is 40.9 Å². The van der Waals surface area contributed by atoms with E-state index in [1.54, 1.807) is 53.1 Å². The molecule has 0 bridgehead atoms. The van der Waals surface area contributed by atoms with Gasteiger partial charge >= 0.3 is 0 Å². The number of anilines is 1. The Morgan fingerprint density at radius 2 is 1.73 bits per heavy atom. The fraction of sp³-hybridized carbons (Fsp3) is 0.364. The molecule has 1 heterocycles. The summed E-state index contributed by atoms with van der Waals surface area (Å²) >= 11 is 7.43. The van der Waals surface area contributed by atoms with Crippen molar-refractivity contribution in [3.8, 4) is 0 Å². The Hall–Kier alpha value is -2.27. The number of amides is 2. The summed E-state index contributed by atoms with van der Waals surface area (Å²) in [6.45, 7) is 2.08. The Morgan fingerprint density at radius 1 is 1.09 bits per heavy atom. The summed E-state index contributed by atoms with van der Waals surface area (Å²) in [5.74, 6) is 0.0854. The van der Waals surface area contributed by atoms with Gasteiger partial charge in [0.25, 0.3) is 5.91 Å². The van der Waals surface area contributed by atoms with E-state index in [0.717, 1.165) is 15.5 Å². The van der Waals surface area contributed by atoms with Crippen LogP contribution in [0.3, 0.4) is 0 Å². The van der Waals surface area contributed by atoms with Gasteiger partial charge in [-0.3, -0.25) is 13.9 Å². The number of carbonyl (C=O) groups is 2. The molecular formula is C22H26ClN3O5S2. The molecule has 0 atom stereocenters. The smallest absolute Gasteiger partial charge is 0.254 e. The highest BCUT2D eigenvalue weighted by Crippen LogP contribution is 2.21. The molecule has 33 heavy (non-hydrogen) atoms. The molecule has 0 radical (unpaired) electrons. The lowest BCUT2D eigenvalue weighted by Gasteiger charge is -2.27. The molecular weight excluding hydrogens is 486 g/mol. The van der Waals surface area contributed by atoms with Crippen LogP contribution in [-0.2, 0) is 19.6 Å². The first-order valence-corrected chi connectivity index (χ1v) is 13.5. The number of rotatable bonds is 9. The van der Waals surface area contributed by atoms with Crippen molar-refractivity contribution >= 4 is 50.9 Å². The molecule has 8 nitrogen and oxygen atoms in total. The molecule has 1 aliphatic rings. The maximum atomic E-state index is 12.6. The van der Waals surface area contributed by atoms with Crippen molar-refractivity contribution in [2.45, 2.75) is 4.90 Å². The lowest BCUT2D eigenvalue weighted by atomic mass is 10.1. The number of ether oxygens (including phenoxy) is 1. The highest BCUT2D eigenvalue weighted by Gasteiger charge is 2.22. The Bertz CT molecular complexity index is 1060. The first kappa shape index (κ1) is 25.4. The number of benzene rings is 2. The highest BCUT2D eigenvalue weighted by atomic mass is 35.5. The van der Waals surface area contributed by atoms with Crippen molar-refractivity contribution in [3.05, 3.63) is 59.1 Å². The molecule has 2 aromatic carbocycles. The molecule has 0 aliphatic carbocycles. The van der Waals surface area contributed by atoms with Gasteiger partial charge in [-0.05, 0) is 48.5 Å². The van der Waals surface area contributed by atoms with Crippen LogP contribution in [-0.4, -0.2) is 76.5 Å². The predicted molar refractivity (Wildman–Crippen MR) is 131 cm³/mol. The molecule has 0 unspecified atom stereocenters. The Balaban J connectivity index is 1.56. The van der Waals surface area contributed by atoms with E-state index < -0.39 is 15.9 Å². The number of thioether (sulfide) groups is 1. The summed E-state index contributed by atoms with van der Waals surface area (Å²) in [4.78, 5) is 27.7. The molecule has 2 aromatic rings. The van der Waals surface area contributed by atoms with Gasteiger partial charge in [-0.2, -0.15) is 0 Å². The first-order chi connectivity index (χ1) is 15.7. The van der Waals surface area contributed by atoms with E-state index >= 15 is 0 Å². The third-order valence-electron chi connectivity index (χ3n) is 4.89. The molecule has 1 aliphatic heterocycles. The van der Waals surface area contributed by atoms with Crippen LogP contribution in [0.2, 0.25) is 5.02 Å². The zero-order chi connectivity index (χ0) is 23.8. The number of nitrogens with one attached hydrogen (secondary N) is 1. The first-order valence-electron chi connectivity index (χ1n) is 10.3. The third kappa shape index (κ3) is 7.63. The average Bonchev–Trinajstić information content (AvgIpc) is 2.81. The highest BCUT2D eigenvalue weighted by molar-refractivity contribution is 7.99. The van der Waals surface area contributed by atoms with Crippen LogP contribution in [0.25, 0.3) is 0 Å². The van der Waals surface area contributed by atoms with Crippen molar-refractivity contribution < 1.29 is 22.7 Å². The van der Waals surface area contributed by atoms with E-state index in [1.165, 1.54) is 0 Å². The average molecular weight is 512 g/mol. The standard InChI is InChI=1S/C22H26ClN3O5S2/c1-33(29,30)26(16-21(27)24-10-15-32-20-8-4-18(23)5-9-20)19-6-2-17(3-7-19)22(28)25-11-13-31-14-12-25/h2-9H,10-16H2,1H3,(H,24,27). The summed E-state index contributed by atoms with van der Waals surface area (Å²) < 4.78 is 30.9. The van der Waals surface area contributed by atoms with E-state index in [1.807, 2.05) is 12.1 Å². The molecule has 11 heteroatoms. The molecule has 1 saturated heterocycles. The lowest BCUT2D eigenvalue weighted by Crippen LogP contribution is -2.41. The maximum Gasteiger partial charge on any atom is 0.254 e. The zero-order valence-corrected chi connectivity index (χ0v) is 20.6. The van der Waals surface area contributed by atoms with E-state index in [2.05, 4.69) is 5.32 Å². The summed E-state index contributed by atoms with van der Waals surface area (Å²) in [6.07, 6.45) is 1.05. The second-order valence-electron chi connectivity index (χ2n) is 7.37. The van der Waals surface area contributed by atoms with Crippen LogP contribution in [0.15, 0.2) is 53.4 Å². The van der Waals surface area contributed by atoms with Crippen LogP contribution in [0.4, 0.5) is 5.69 Å². The second-order valence-corrected chi connectivity index (χ2v) is 10.9. The number of morpholine rings is 1. The van der Waals surface area contributed by atoms with Gasteiger partial charge in [-0.25, -0.2) is 8.42 Å². The Morgan fingerprint density at radius 3 is 2.33 bits per heavy atom. The number of hydrogen-bond donors (Lipinski definition) is 1. The molecule has 0 spiro atoms. The van der Waals surface area contributed by atoms with Crippen LogP contribution in [0.1, 0.15) is 10.4 Å². The van der Waals surface area contributed by atoms with E-state index in [4.69, 9.17) is 16.3 Å². The van der Waals surface area contributed by atoms with Crippen LogP contribution in [0.5, 0.6) is 0 Å². The monoisotopic (exact) mass is 511 g/mol. The largest absolute Gasteiger partial charge is 0.378 e. The fourth-order valence-electron chi connectivity index (χ4n) is 3.20. The van der Waals surface area contributed by atoms with Crippen molar-refractivity contribution in [2.75, 3.05) is 55.7 Å². The molecule has 178 valence electrons. The Kier molecular flexibility index (Phi) is 9.02. The number of hydrogen-bond acceptors (Lipinski definition) is 6. The lowest BCUT2D eigenvalue weighted by molar-refractivity contribution is -0.119. The second kappa shape index (κ2) is 11.7. The van der Waals surface area contributed by atoms with E-state index in [9.17, 15) is 18.0 Å². The summed E-state index contributed by atoms with van der Waals surface area (Å²) in [5.41, 5.74) is 0.777. The van der Waals surface area contributed by atoms with Gasteiger partial charge < -0.3 is 15.0 Å². The molecule has 0 aromatic heterocycles. The minimum atomic E-state index is -3.70. The van der Waals surface area contributed by atoms with Crippen molar-refractivity contribution in [1.29, 1.82) is 0 Å². The normalized spacial score (nSPS) is 14.1.